The van der Waals surface area contributed by atoms with Gasteiger partial charge in [-0.15, -0.1) is 0 Å². The number of carbonyl (C=O) groups excluding carboxylic acids is 1. The summed E-state index contributed by atoms with van der Waals surface area (Å²) in [6, 6.07) is 19.9. The lowest BCUT2D eigenvalue weighted by molar-refractivity contribution is 0.0777. The number of carbonyl (C=O) groups is 1. The fourth-order valence-electron chi connectivity index (χ4n) is 4.33. The molecule has 0 spiro atoms. The first-order valence-corrected chi connectivity index (χ1v) is 12.1. The van der Waals surface area contributed by atoms with Crippen molar-refractivity contribution in [3.05, 3.63) is 83.2 Å². The Morgan fingerprint density at radius 2 is 1.82 bits per heavy atom. The first-order valence-electron chi connectivity index (χ1n) is 11.1. The molecule has 168 valence electrons. The highest BCUT2D eigenvalue weighted by Crippen LogP contribution is 2.32. The molecule has 0 aliphatic carbocycles. The van der Waals surface area contributed by atoms with E-state index in [1.807, 2.05) is 62.4 Å². The maximum atomic E-state index is 13.1. The molecule has 33 heavy (non-hydrogen) atoms. The van der Waals surface area contributed by atoms with Crippen LogP contribution in [0.15, 0.2) is 65.7 Å². The van der Waals surface area contributed by atoms with E-state index in [4.69, 9.17) is 14.5 Å². The van der Waals surface area contributed by atoms with Gasteiger partial charge < -0.3 is 14.0 Å². The van der Waals surface area contributed by atoms with Crippen LogP contribution in [-0.4, -0.2) is 33.8 Å². The van der Waals surface area contributed by atoms with Crippen LogP contribution in [0.1, 0.15) is 27.3 Å². The predicted molar refractivity (Wildman–Crippen MR) is 132 cm³/mol. The van der Waals surface area contributed by atoms with E-state index >= 15 is 0 Å². The normalized spacial score (nSPS) is 15.1. The molecule has 4 aromatic rings. The number of para-hydroxylation sites is 3. The van der Waals surface area contributed by atoms with Crippen molar-refractivity contribution in [3.63, 3.8) is 0 Å². The highest BCUT2D eigenvalue weighted by Gasteiger charge is 2.24. The van der Waals surface area contributed by atoms with Gasteiger partial charge in [-0.3, -0.25) is 4.79 Å². The molecule has 2 aromatic carbocycles. The molecule has 1 aliphatic rings. The lowest BCUT2D eigenvalue weighted by Gasteiger charge is -2.27. The van der Waals surface area contributed by atoms with Crippen molar-refractivity contribution < 1.29 is 14.3 Å². The summed E-state index contributed by atoms with van der Waals surface area (Å²) in [5.74, 6) is 2.01. The zero-order valence-electron chi connectivity index (χ0n) is 19.0. The molecule has 0 bridgehead atoms. The first kappa shape index (κ1) is 21.6. The number of thioether (sulfide) groups is 1. The van der Waals surface area contributed by atoms with Crippen LogP contribution in [0.25, 0.3) is 10.9 Å². The third-order valence-electron chi connectivity index (χ3n) is 6.08. The number of benzene rings is 2. The summed E-state index contributed by atoms with van der Waals surface area (Å²) < 4.78 is 14.1. The Morgan fingerprint density at radius 3 is 2.67 bits per heavy atom. The molecule has 6 heteroatoms. The minimum atomic E-state index is -0.105. The highest BCUT2D eigenvalue weighted by molar-refractivity contribution is 7.99. The summed E-state index contributed by atoms with van der Waals surface area (Å²) in [6.07, 6.45) is -0.105. The second kappa shape index (κ2) is 8.94. The Hall–Kier alpha value is -3.25. The van der Waals surface area contributed by atoms with E-state index in [-0.39, 0.29) is 11.9 Å². The molecule has 0 saturated heterocycles. The molecule has 5 nitrogen and oxygen atoms in total. The number of aromatic nitrogens is 2. The second-order valence-electron chi connectivity index (χ2n) is 8.40. The minimum Gasteiger partial charge on any atom is -0.486 e. The molecule has 0 amide bonds. The Morgan fingerprint density at radius 1 is 1.06 bits per heavy atom. The van der Waals surface area contributed by atoms with Crippen molar-refractivity contribution in [2.75, 3.05) is 12.4 Å². The lowest BCUT2D eigenvalue weighted by atomic mass is 10.1. The van der Waals surface area contributed by atoms with Crippen molar-refractivity contribution in [2.24, 2.45) is 0 Å². The smallest absolute Gasteiger partial charge is 0.174 e. The van der Waals surface area contributed by atoms with Crippen molar-refractivity contribution in [1.82, 2.24) is 9.55 Å². The van der Waals surface area contributed by atoms with Crippen molar-refractivity contribution >= 4 is 28.4 Å². The van der Waals surface area contributed by atoms with Crippen molar-refractivity contribution in [3.8, 4) is 11.5 Å². The number of ketones is 1. The molecule has 0 N–H and O–H groups in total. The van der Waals surface area contributed by atoms with Gasteiger partial charge in [-0.1, -0.05) is 42.1 Å². The predicted octanol–water partition coefficient (Wildman–Crippen LogP) is 5.78. The first-order chi connectivity index (χ1) is 16.0. The van der Waals surface area contributed by atoms with Gasteiger partial charge in [0.1, 0.15) is 6.61 Å². The van der Waals surface area contributed by atoms with Crippen LogP contribution in [0.5, 0.6) is 11.5 Å². The molecular weight excluding hydrogens is 432 g/mol. The highest BCUT2D eigenvalue weighted by atomic mass is 32.2. The van der Waals surface area contributed by atoms with Crippen LogP contribution in [-0.2, 0) is 6.54 Å². The van der Waals surface area contributed by atoms with Gasteiger partial charge in [-0.2, -0.15) is 0 Å². The largest absolute Gasteiger partial charge is 0.486 e. The van der Waals surface area contributed by atoms with Gasteiger partial charge in [-0.25, -0.2) is 4.98 Å². The van der Waals surface area contributed by atoms with Gasteiger partial charge in [-0.05, 0) is 56.7 Å². The maximum absolute atomic E-state index is 13.1. The molecule has 2 aromatic heterocycles. The molecule has 0 unspecified atom stereocenters. The SMILES string of the molecule is Cc1cc(SCC(=O)c2cc(C)n(C[C@@H]3COc4ccccc4O3)c2C)nc2ccccc12. The lowest BCUT2D eigenvalue weighted by Crippen LogP contribution is -2.33. The Labute approximate surface area is 197 Å². The number of aryl methyl sites for hydroxylation is 2. The molecular formula is C27H26N2O3S. The summed E-state index contributed by atoms with van der Waals surface area (Å²) in [5.41, 5.74) is 4.90. The summed E-state index contributed by atoms with van der Waals surface area (Å²) in [7, 11) is 0. The van der Waals surface area contributed by atoms with Crippen LogP contribution >= 0.6 is 11.8 Å². The standard InChI is InChI=1S/C27H26N2O3S/c1-17-12-27(28-23-9-5-4-8-21(17)23)33-16-24(30)22-13-18(2)29(19(22)3)14-20-15-31-25-10-6-7-11-26(25)32-20/h4-13,20H,14-16H2,1-3H3/t20-/m1/s1. The van der Waals surface area contributed by atoms with Gasteiger partial charge in [0.25, 0.3) is 0 Å². The summed E-state index contributed by atoms with van der Waals surface area (Å²) in [5, 5.41) is 2.02. The molecule has 1 aliphatic heterocycles. The Kier molecular flexibility index (Phi) is 5.85. The monoisotopic (exact) mass is 458 g/mol. The van der Waals surface area contributed by atoms with E-state index in [0.717, 1.165) is 44.4 Å². The quantitative estimate of drug-likeness (QED) is 0.271. The van der Waals surface area contributed by atoms with Gasteiger partial charge in [0.05, 0.1) is 22.8 Å². The number of pyridine rings is 1. The van der Waals surface area contributed by atoms with Gasteiger partial charge in [0.15, 0.2) is 23.4 Å². The third kappa shape index (κ3) is 4.35. The number of Topliss-reactive ketones (excluding diaryl/α,β-unsaturated/α-hetero) is 1. The number of hydrogen-bond donors (Lipinski definition) is 0. The summed E-state index contributed by atoms with van der Waals surface area (Å²) >= 11 is 1.49. The summed E-state index contributed by atoms with van der Waals surface area (Å²) in [6.45, 7) is 7.24. The van der Waals surface area contributed by atoms with Crippen LogP contribution in [0, 0.1) is 20.8 Å². The number of ether oxygens (including phenoxy) is 2. The van der Waals surface area contributed by atoms with Crippen LogP contribution < -0.4 is 9.47 Å². The summed E-state index contributed by atoms with van der Waals surface area (Å²) in [4.78, 5) is 17.8. The van der Waals surface area contributed by atoms with E-state index in [1.54, 1.807) is 0 Å². The molecule has 0 radical (unpaired) electrons. The number of fused-ring (bicyclic) bond motifs is 2. The fourth-order valence-corrected chi connectivity index (χ4v) is 5.19. The average molecular weight is 459 g/mol. The molecule has 0 fully saturated rings. The topological polar surface area (TPSA) is 53.4 Å². The average Bonchev–Trinajstić information content (AvgIpc) is 3.11. The van der Waals surface area contributed by atoms with E-state index in [9.17, 15) is 4.79 Å². The number of nitrogens with zero attached hydrogens (tertiary/aromatic N) is 2. The van der Waals surface area contributed by atoms with E-state index in [1.165, 1.54) is 17.3 Å². The van der Waals surface area contributed by atoms with E-state index < -0.39 is 0 Å². The van der Waals surface area contributed by atoms with Gasteiger partial charge >= 0.3 is 0 Å². The van der Waals surface area contributed by atoms with Crippen LogP contribution in [0.4, 0.5) is 0 Å². The Bertz CT molecular complexity index is 1340. The number of hydrogen-bond acceptors (Lipinski definition) is 5. The molecule has 3 heterocycles. The fraction of sp³-hybridized carbons (Fsp3) is 0.259. The van der Waals surface area contributed by atoms with E-state index in [2.05, 4.69) is 23.6 Å². The molecule has 0 saturated carbocycles. The molecule has 5 rings (SSSR count). The van der Waals surface area contributed by atoms with Crippen molar-refractivity contribution in [2.45, 2.75) is 38.4 Å². The maximum Gasteiger partial charge on any atom is 0.174 e. The van der Waals surface area contributed by atoms with E-state index in [0.29, 0.717) is 18.9 Å². The third-order valence-corrected chi connectivity index (χ3v) is 6.99. The van der Waals surface area contributed by atoms with Crippen LogP contribution in [0.3, 0.4) is 0 Å². The molecule has 1 atom stereocenters. The second-order valence-corrected chi connectivity index (χ2v) is 9.40. The minimum absolute atomic E-state index is 0.105. The number of rotatable bonds is 6. The zero-order chi connectivity index (χ0) is 22.9. The van der Waals surface area contributed by atoms with Gasteiger partial charge in [0, 0.05) is 22.3 Å². The van der Waals surface area contributed by atoms with Crippen molar-refractivity contribution in [1.29, 1.82) is 0 Å². The van der Waals surface area contributed by atoms with Crippen LogP contribution in [0.2, 0.25) is 0 Å². The Balaban J connectivity index is 1.28. The van der Waals surface area contributed by atoms with Gasteiger partial charge in [0.2, 0.25) is 0 Å². The zero-order valence-corrected chi connectivity index (χ0v) is 19.8.